The van der Waals surface area contributed by atoms with Crippen molar-refractivity contribution in [2.45, 2.75) is 50.6 Å². The second-order valence-electron chi connectivity index (χ2n) is 9.66. The lowest BCUT2D eigenvalue weighted by atomic mass is 9.83. The monoisotopic (exact) mass is 587 g/mol. The minimum absolute atomic E-state index is 0.0501. The summed E-state index contributed by atoms with van der Waals surface area (Å²) in [6.45, 7) is 1.20. The van der Waals surface area contributed by atoms with Crippen molar-refractivity contribution in [2.75, 3.05) is 19.7 Å². The van der Waals surface area contributed by atoms with Crippen molar-refractivity contribution in [2.24, 2.45) is 5.73 Å². The zero-order valence-electron chi connectivity index (χ0n) is 20.9. The number of aliphatic carboxylic acids is 1. The van der Waals surface area contributed by atoms with Gasteiger partial charge >= 0.3 is 5.97 Å². The van der Waals surface area contributed by atoms with Gasteiger partial charge in [0.05, 0.1) is 22.7 Å². The Morgan fingerprint density at radius 2 is 1.87 bits per heavy atom. The Hall–Kier alpha value is -3.24. The first-order valence-electron chi connectivity index (χ1n) is 12.7. The van der Waals surface area contributed by atoms with Crippen LogP contribution in [-0.2, 0) is 20.8 Å². The molecule has 0 radical (unpaired) electrons. The zero-order valence-corrected chi connectivity index (χ0v) is 22.5. The molecule has 2 heterocycles. The van der Waals surface area contributed by atoms with E-state index in [4.69, 9.17) is 10.5 Å². The highest BCUT2D eigenvalue weighted by molar-refractivity contribution is 9.10. The summed E-state index contributed by atoms with van der Waals surface area (Å²) in [5.74, 6) is -1.41. The first-order valence-corrected chi connectivity index (χ1v) is 13.5. The molecule has 0 aliphatic carbocycles. The van der Waals surface area contributed by atoms with Crippen molar-refractivity contribution in [3.8, 4) is 5.75 Å². The predicted octanol–water partition coefficient (Wildman–Crippen LogP) is 3.67. The van der Waals surface area contributed by atoms with Crippen molar-refractivity contribution < 1.29 is 28.6 Å². The number of carbonyl (C=O) groups excluding carboxylic acids is 2. The van der Waals surface area contributed by atoms with E-state index < -0.39 is 17.9 Å². The van der Waals surface area contributed by atoms with Crippen LogP contribution in [0.1, 0.15) is 43.2 Å². The highest BCUT2D eigenvalue weighted by Crippen LogP contribution is 2.33. The van der Waals surface area contributed by atoms with E-state index in [1.165, 1.54) is 12.1 Å². The predicted molar refractivity (Wildman–Crippen MR) is 144 cm³/mol. The van der Waals surface area contributed by atoms with Gasteiger partial charge in [-0.15, -0.1) is 0 Å². The Kier molecular flexibility index (Phi) is 9.17. The number of carboxylic acids is 1. The summed E-state index contributed by atoms with van der Waals surface area (Å²) in [6.07, 6.45) is 2.76. The van der Waals surface area contributed by atoms with Crippen LogP contribution < -0.4 is 15.8 Å². The Morgan fingerprint density at radius 1 is 1.11 bits per heavy atom. The molecule has 1 fully saturated rings. The van der Waals surface area contributed by atoms with Gasteiger partial charge in [0.15, 0.2) is 0 Å². The van der Waals surface area contributed by atoms with Gasteiger partial charge in [0, 0.05) is 38.0 Å². The highest BCUT2D eigenvalue weighted by atomic mass is 79.9. The number of fused-ring (bicyclic) bond motifs is 2. The van der Waals surface area contributed by atoms with Crippen LogP contribution >= 0.6 is 15.9 Å². The molecule has 8 nitrogen and oxygen atoms in total. The van der Waals surface area contributed by atoms with Gasteiger partial charge in [0.1, 0.15) is 11.6 Å². The van der Waals surface area contributed by atoms with E-state index in [9.17, 15) is 23.9 Å². The van der Waals surface area contributed by atoms with Gasteiger partial charge in [0.25, 0.3) is 0 Å². The van der Waals surface area contributed by atoms with Crippen LogP contribution in [0.25, 0.3) is 5.57 Å². The minimum Gasteiger partial charge on any atom is -0.492 e. The van der Waals surface area contributed by atoms with E-state index >= 15 is 0 Å². The van der Waals surface area contributed by atoms with Crippen LogP contribution in [0.2, 0.25) is 0 Å². The number of hydrogen-bond acceptors (Lipinski definition) is 5. The Morgan fingerprint density at radius 3 is 2.58 bits per heavy atom. The number of aryl methyl sites for hydroxylation is 1. The molecule has 2 atom stereocenters. The first-order chi connectivity index (χ1) is 18.2. The normalized spacial score (nSPS) is 18.8. The smallest absolute Gasteiger partial charge is 0.333 e. The number of piperazine rings is 1. The molecule has 0 saturated carbocycles. The number of hydrogen-bond donors (Lipinski definition) is 3. The third kappa shape index (κ3) is 6.99. The molecule has 2 aliphatic heterocycles. The lowest BCUT2D eigenvalue weighted by Gasteiger charge is -2.43. The lowest BCUT2D eigenvalue weighted by Crippen LogP contribution is -2.61. The number of nitrogens with two attached hydrogens (primary N) is 1. The second kappa shape index (κ2) is 12.5. The van der Waals surface area contributed by atoms with Gasteiger partial charge in [-0.1, -0.05) is 24.3 Å². The molecule has 2 aromatic carbocycles. The molecule has 4 rings (SSSR count). The molecule has 2 aromatic rings. The molecule has 202 valence electrons. The molecule has 2 unspecified atom stereocenters. The fraction of sp³-hybridized carbons (Fsp3) is 0.393. The SMILES string of the molecule is NC(=O)CCCC(=O)N1CC2CC(c3ccc(CCCOc4cc(F)ccc4Br)cc3)=C(C(=O)O)C(C1)N2. The average Bonchev–Trinajstić information content (AvgIpc) is 2.87. The zero-order chi connectivity index (χ0) is 27.2. The molecule has 10 heteroatoms. The summed E-state index contributed by atoms with van der Waals surface area (Å²) < 4.78 is 19.8. The quantitative estimate of drug-likeness (QED) is 0.345. The average molecular weight is 588 g/mol. The Bertz CT molecular complexity index is 1230. The number of benzene rings is 2. The summed E-state index contributed by atoms with van der Waals surface area (Å²) in [5, 5.41) is 13.4. The molecule has 0 spiro atoms. The van der Waals surface area contributed by atoms with Gasteiger partial charge in [-0.2, -0.15) is 0 Å². The number of amides is 2. The van der Waals surface area contributed by atoms with Gasteiger partial charge in [-0.3, -0.25) is 9.59 Å². The number of nitrogens with zero attached hydrogens (tertiary/aromatic N) is 1. The number of carboxylic acid groups (broad SMARTS) is 1. The topological polar surface area (TPSA) is 122 Å². The summed E-state index contributed by atoms with van der Waals surface area (Å²) in [7, 11) is 0. The van der Waals surface area contributed by atoms with E-state index in [2.05, 4.69) is 21.2 Å². The van der Waals surface area contributed by atoms with Crippen LogP contribution in [0.4, 0.5) is 4.39 Å². The molecule has 2 amide bonds. The largest absolute Gasteiger partial charge is 0.492 e. The minimum atomic E-state index is -0.997. The van der Waals surface area contributed by atoms with Crippen LogP contribution in [0, 0.1) is 5.82 Å². The van der Waals surface area contributed by atoms with Crippen LogP contribution in [0.5, 0.6) is 5.75 Å². The van der Waals surface area contributed by atoms with E-state index in [-0.39, 0.29) is 42.7 Å². The van der Waals surface area contributed by atoms with Gasteiger partial charge < -0.3 is 25.8 Å². The fourth-order valence-electron chi connectivity index (χ4n) is 5.06. The Labute approximate surface area is 229 Å². The van der Waals surface area contributed by atoms with E-state index in [0.717, 1.165) is 29.5 Å². The van der Waals surface area contributed by atoms with Crippen LogP contribution in [0.3, 0.4) is 0 Å². The van der Waals surface area contributed by atoms with Crippen molar-refractivity contribution in [1.29, 1.82) is 0 Å². The molecular weight excluding hydrogens is 557 g/mol. The molecule has 1 saturated heterocycles. The van der Waals surface area contributed by atoms with Crippen molar-refractivity contribution in [3.05, 3.63) is 69.5 Å². The maximum Gasteiger partial charge on any atom is 0.333 e. The second-order valence-corrected chi connectivity index (χ2v) is 10.5. The van der Waals surface area contributed by atoms with E-state index in [1.807, 2.05) is 24.3 Å². The molecule has 2 bridgehead atoms. The number of ether oxygens (including phenoxy) is 1. The Balaban J connectivity index is 1.38. The number of primary amides is 1. The maximum absolute atomic E-state index is 13.4. The molecular formula is C28H31BrFN3O5. The van der Waals surface area contributed by atoms with E-state index in [1.54, 1.807) is 11.0 Å². The summed E-state index contributed by atoms with van der Waals surface area (Å²) in [5.41, 5.74) is 8.20. The molecule has 2 aliphatic rings. The van der Waals surface area contributed by atoms with Crippen LogP contribution in [-0.4, -0.2) is 59.6 Å². The molecule has 4 N–H and O–H groups in total. The number of nitrogens with one attached hydrogen (secondary N) is 1. The number of carbonyl (C=O) groups is 3. The fourth-order valence-corrected chi connectivity index (χ4v) is 5.42. The summed E-state index contributed by atoms with van der Waals surface area (Å²) in [6, 6.07) is 11.7. The van der Waals surface area contributed by atoms with E-state index in [0.29, 0.717) is 36.2 Å². The lowest BCUT2D eigenvalue weighted by molar-refractivity contribution is -0.136. The van der Waals surface area contributed by atoms with Crippen molar-refractivity contribution >= 4 is 39.3 Å². The highest BCUT2D eigenvalue weighted by Gasteiger charge is 2.39. The standard InChI is InChI=1S/C28H31BrFN3O5/c29-22-11-10-19(30)13-24(22)38-12-2-3-17-6-8-18(9-7-17)21-14-20-15-33(26(35)5-1-4-25(31)34)16-23(32-20)27(21)28(36)37/h6-11,13,20,23,32H,1-5,12,14-16H2,(H2,31,34)(H,36,37). The third-order valence-corrected chi connectivity index (χ3v) is 7.52. The number of rotatable bonds is 11. The van der Waals surface area contributed by atoms with Gasteiger partial charge in [-0.25, -0.2) is 9.18 Å². The number of halogens is 2. The summed E-state index contributed by atoms with van der Waals surface area (Å²) in [4.78, 5) is 37.6. The van der Waals surface area contributed by atoms with Gasteiger partial charge in [0.2, 0.25) is 11.8 Å². The molecule has 38 heavy (non-hydrogen) atoms. The third-order valence-electron chi connectivity index (χ3n) is 6.86. The molecule has 0 aromatic heterocycles. The van der Waals surface area contributed by atoms with Gasteiger partial charge in [-0.05, 0) is 70.4 Å². The van der Waals surface area contributed by atoms with Crippen LogP contribution in [0.15, 0.2) is 52.5 Å². The maximum atomic E-state index is 13.4. The summed E-state index contributed by atoms with van der Waals surface area (Å²) >= 11 is 3.35. The van der Waals surface area contributed by atoms with Crippen molar-refractivity contribution in [3.63, 3.8) is 0 Å². The first kappa shape index (κ1) is 27.8. The van der Waals surface area contributed by atoms with Crippen molar-refractivity contribution in [1.82, 2.24) is 10.2 Å².